The molecule has 1 N–H and O–H groups in total. The molecule has 1 aromatic heterocycles. The molecular weight excluding hydrogens is 275 g/mol. The molecule has 0 spiro atoms. The molecule has 0 bridgehead atoms. The Balaban J connectivity index is 0.00000144. The minimum atomic E-state index is -0.0203. The van der Waals surface area contributed by atoms with Gasteiger partial charge in [0.25, 0.3) is 5.91 Å². The van der Waals surface area contributed by atoms with Gasteiger partial charge in [0.2, 0.25) is 0 Å². The summed E-state index contributed by atoms with van der Waals surface area (Å²) in [5.41, 5.74) is 0.430. The van der Waals surface area contributed by atoms with Crippen molar-refractivity contribution in [3.05, 3.63) is 24.3 Å². The smallest absolute Gasteiger partial charge is 0.274 e. The van der Waals surface area contributed by atoms with E-state index < -0.39 is 0 Å². The summed E-state index contributed by atoms with van der Waals surface area (Å²) in [7, 11) is 1.93. The van der Waals surface area contributed by atoms with E-state index in [0.29, 0.717) is 11.7 Å². The number of likely N-dealkylation sites (N-methyl/N-ethyl adjacent to an activating group) is 1. The normalized spacial score (nSPS) is 18.5. The van der Waals surface area contributed by atoms with Gasteiger partial charge in [-0.3, -0.25) is 9.78 Å². The zero-order valence-corrected chi connectivity index (χ0v) is 11.8. The Morgan fingerprint density at radius 3 is 2.83 bits per heavy atom. The molecular formula is C11H18Cl2N4O. The second-order valence-electron chi connectivity index (χ2n) is 3.97. The molecule has 1 aliphatic rings. The van der Waals surface area contributed by atoms with Gasteiger partial charge in [-0.15, -0.1) is 24.8 Å². The summed E-state index contributed by atoms with van der Waals surface area (Å²) in [6.07, 6.45) is 6.81. The highest BCUT2D eigenvalue weighted by Crippen LogP contribution is 2.12. The van der Waals surface area contributed by atoms with Crippen molar-refractivity contribution in [2.24, 2.45) is 0 Å². The minimum absolute atomic E-state index is 0. The highest BCUT2D eigenvalue weighted by Gasteiger charge is 2.24. The van der Waals surface area contributed by atoms with E-state index in [1.165, 1.54) is 6.20 Å². The van der Waals surface area contributed by atoms with Crippen LogP contribution < -0.4 is 5.32 Å². The Hall–Kier alpha value is -0.910. The number of halogens is 2. The Labute approximate surface area is 119 Å². The van der Waals surface area contributed by atoms with Gasteiger partial charge >= 0.3 is 0 Å². The van der Waals surface area contributed by atoms with Gasteiger partial charge < -0.3 is 10.2 Å². The molecule has 7 heteroatoms. The van der Waals surface area contributed by atoms with Gasteiger partial charge in [-0.25, -0.2) is 4.98 Å². The zero-order chi connectivity index (χ0) is 11.4. The Morgan fingerprint density at radius 1 is 1.44 bits per heavy atom. The molecule has 1 saturated heterocycles. The molecule has 1 amide bonds. The number of amides is 1. The summed E-state index contributed by atoms with van der Waals surface area (Å²) in [5, 5.41) is 3.21. The van der Waals surface area contributed by atoms with Crippen LogP contribution in [0.5, 0.6) is 0 Å². The second-order valence-corrected chi connectivity index (χ2v) is 3.97. The number of aromatic nitrogens is 2. The van der Waals surface area contributed by atoms with Crippen LogP contribution in [0.1, 0.15) is 23.3 Å². The number of hydrogen-bond acceptors (Lipinski definition) is 4. The number of carbonyl (C=O) groups excluding carboxylic acids is 1. The fraction of sp³-hybridized carbons (Fsp3) is 0.545. The summed E-state index contributed by atoms with van der Waals surface area (Å²) < 4.78 is 0. The first-order valence-electron chi connectivity index (χ1n) is 5.54. The molecule has 0 radical (unpaired) electrons. The minimum Gasteiger partial charge on any atom is -0.336 e. The maximum Gasteiger partial charge on any atom is 0.274 e. The molecule has 18 heavy (non-hydrogen) atoms. The SMILES string of the molecule is CNC1CCCN(C(=O)c2cnccn2)C1.Cl.Cl. The van der Waals surface area contributed by atoms with E-state index in [1.807, 2.05) is 11.9 Å². The highest BCUT2D eigenvalue weighted by molar-refractivity contribution is 5.92. The predicted octanol–water partition coefficient (Wildman–Crippen LogP) is 1.14. The summed E-state index contributed by atoms with van der Waals surface area (Å²) in [5.74, 6) is -0.0203. The summed E-state index contributed by atoms with van der Waals surface area (Å²) >= 11 is 0. The van der Waals surface area contributed by atoms with Crippen LogP contribution in [-0.2, 0) is 0 Å². The molecule has 0 aromatic carbocycles. The van der Waals surface area contributed by atoms with Crippen LogP contribution >= 0.6 is 24.8 Å². The summed E-state index contributed by atoms with van der Waals surface area (Å²) in [6, 6.07) is 0.398. The van der Waals surface area contributed by atoms with Gasteiger partial charge in [0, 0.05) is 31.5 Å². The first kappa shape index (κ1) is 17.1. The van der Waals surface area contributed by atoms with Gasteiger partial charge in [-0.2, -0.15) is 0 Å². The molecule has 0 aliphatic carbocycles. The zero-order valence-electron chi connectivity index (χ0n) is 10.2. The largest absolute Gasteiger partial charge is 0.336 e. The average Bonchev–Trinajstić information content (AvgIpc) is 2.39. The van der Waals surface area contributed by atoms with Crippen LogP contribution in [0.15, 0.2) is 18.6 Å². The van der Waals surface area contributed by atoms with E-state index in [2.05, 4.69) is 15.3 Å². The van der Waals surface area contributed by atoms with Crippen LogP contribution in [0.2, 0.25) is 0 Å². The Kier molecular flexibility index (Phi) is 7.82. The first-order chi connectivity index (χ1) is 7.81. The van der Waals surface area contributed by atoms with E-state index in [1.54, 1.807) is 12.4 Å². The topological polar surface area (TPSA) is 58.1 Å². The van der Waals surface area contributed by atoms with E-state index in [-0.39, 0.29) is 30.7 Å². The fourth-order valence-electron chi connectivity index (χ4n) is 1.97. The van der Waals surface area contributed by atoms with E-state index in [9.17, 15) is 4.79 Å². The lowest BCUT2D eigenvalue weighted by Gasteiger charge is -2.32. The van der Waals surface area contributed by atoms with Crippen molar-refractivity contribution in [1.29, 1.82) is 0 Å². The van der Waals surface area contributed by atoms with E-state index in [0.717, 1.165) is 25.9 Å². The molecule has 5 nitrogen and oxygen atoms in total. The van der Waals surface area contributed by atoms with E-state index >= 15 is 0 Å². The lowest BCUT2D eigenvalue weighted by atomic mass is 10.1. The molecule has 0 saturated carbocycles. The highest BCUT2D eigenvalue weighted by atomic mass is 35.5. The monoisotopic (exact) mass is 292 g/mol. The number of carbonyl (C=O) groups is 1. The number of nitrogens with one attached hydrogen (secondary N) is 1. The fourth-order valence-corrected chi connectivity index (χ4v) is 1.97. The molecule has 1 fully saturated rings. The van der Waals surface area contributed by atoms with Crippen molar-refractivity contribution >= 4 is 30.7 Å². The molecule has 1 unspecified atom stereocenters. The maximum atomic E-state index is 12.1. The quantitative estimate of drug-likeness (QED) is 0.888. The van der Waals surface area contributed by atoms with Crippen molar-refractivity contribution in [2.75, 3.05) is 20.1 Å². The van der Waals surface area contributed by atoms with Crippen LogP contribution in [0.25, 0.3) is 0 Å². The van der Waals surface area contributed by atoms with E-state index in [4.69, 9.17) is 0 Å². The predicted molar refractivity (Wildman–Crippen MR) is 74.5 cm³/mol. The van der Waals surface area contributed by atoms with Crippen molar-refractivity contribution < 1.29 is 4.79 Å². The van der Waals surface area contributed by atoms with Crippen molar-refractivity contribution in [3.63, 3.8) is 0 Å². The molecule has 2 rings (SSSR count). The Bertz CT molecular complexity index is 363. The first-order valence-corrected chi connectivity index (χ1v) is 5.54. The van der Waals surface area contributed by atoms with Crippen LogP contribution in [0.4, 0.5) is 0 Å². The lowest BCUT2D eigenvalue weighted by Crippen LogP contribution is -2.47. The second kappa shape index (κ2) is 8.24. The maximum absolute atomic E-state index is 12.1. The third-order valence-corrected chi connectivity index (χ3v) is 2.90. The molecule has 1 aliphatic heterocycles. The van der Waals surface area contributed by atoms with Gasteiger partial charge in [-0.05, 0) is 19.9 Å². The summed E-state index contributed by atoms with van der Waals surface area (Å²) in [4.78, 5) is 21.8. The van der Waals surface area contributed by atoms with Gasteiger partial charge in [0.15, 0.2) is 0 Å². The summed E-state index contributed by atoms with van der Waals surface area (Å²) in [6.45, 7) is 1.57. The van der Waals surface area contributed by atoms with Crippen LogP contribution in [0, 0.1) is 0 Å². The van der Waals surface area contributed by atoms with Crippen LogP contribution in [0.3, 0.4) is 0 Å². The molecule has 1 atom stereocenters. The van der Waals surface area contributed by atoms with Crippen LogP contribution in [-0.4, -0.2) is 47.0 Å². The van der Waals surface area contributed by atoms with Gasteiger partial charge in [-0.1, -0.05) is 0 Å². The van der Waals surface area contributed by atoms with Gasteiger partial charge in [0.05, 0.1) is 6.20 Å². The lowest BCUT2D eigenvalue weighted by molar-refractivity contribution is 0.0691. The van der Waals surface area contributed by atoms with Crippen molar-refractivity contribution in [1.82, 2.24) is 20.2 Å². The average molecular weight is 293 g/mol. The Morgan fingerprint density at radius 2 is 2.22 bits per heavy atom. The number of nitrogens with zero attached hydrogens (tertiary/aromatic N) is 3. The molecule has 1 aromatic rings. The molecule has 2 heterocycles. The third kappa shape index (κ3) is 4.08. The van der Waals surface area contributed by atoms with Crippen molar-refractivity contribution in [2.45, 2.75) is 18.9 Å². The van der Waals surface area contributed by atoms with Gasteiger partial charge in [0.1, 0.15) is 5.69 Å². The number of hydrogen-bond donors (Lipinski definition) is 1. The standard InChI is InChI=1S/C11H16N4O.2ClH/c1-12-9-3-2-6-15(8-9)11(16)10-7-13-4-5-14-10;;/h4-5,7,9,12H,2-3,6,8H2,1H3;2*1H. The third-order valence-electron chi connectivity index (χ3n) is 2.90. The number of likely N-dealkylation sites (tertiary alicyclic amines) is 1. The van der Waals surface area contributed by atoms with Crippen molar-refractivity contribution in [3.8, 4) is 0 Å². The number of rotatable bonds is 2. The molecule has 102 valence electrons. The number of piperidine rings is 1.